The summed E-state index contributed by atoms with van der Waals surface area (Å²) >= 11 is 0. The van der Waals surface area contributed by atoms with Gasteiger partial charge in [0.15, 0.2) is 5.82 Å². The molecule has 0 aliphatic carbocycles. The highest BCUT2D eigenvalue weighted by molar-refractivity contribution is 5.62. The van der Waals surface area contributed by atoms with Crippen molar-refractivity contribution in [1.29, 1.82) is 0 Å². The number of nitrogens with one attached hydrogen (secondary N) is 1. The van der Waals surface area contributed by atoms with Gasteiger partial charge >= 0.3 is 0 Å². The second kappa shape index (κ2) is 4.45. The standard InChI is InChI=1S/C13H18N6/c1-2-6-18-7-4-10(11(18)3-1)16-12-13-17-15-9-19(13)8-5-14-12/h5,8-11H,1-4,6-7H2,(H,14,16). The molecule has 0 saturated carbocycles. The summed E-state index contributed by atoms with van der Waals surface area (Å²) in [6.07, 6.45) is 10.6. The average Bonchev–Trinajstić information content (AvgIpc) is 3.06. The Balaban J connectivity index is 1.59. The van der Waals surface area contributed by atoms with Crippen molar-refractivity contribution in [3.05, 3.63) is 18.7 Å². The molecular formula is C13H18N6. The van der Waals surface area contributed by atoms with Crippen LogP contribution in [-0.2, 0) is 0 Å². The molecule has 6 nitrogen and oxygen atoms in total. The number of nitrogens with zero attached hydrogens (tertiary/aromatic N) is 5. The highest BCUT2D eigenvalue weighted by atomic mass is 15.3. The molecule has 2 aromatic rings. The number of aromatic nitrogens is 4. The van der Waals surface area contributed by atoms with Gasteiger partial charge in [-0.05, 0) is 25.8 Å². The monoisotopic (exact) mass is 258 g/mol. The number of anilines is 1. The largest absolute Gasteiger partial charge is 0.363 e. The van der Waals surface area contributed by atoms with Gasteiger partial charge < -0.3 is 5.32 Å². The highest BCUT2D eigenvalue weighted by Gasteiger charge is 2.35. The van der Waals surface area contributed by atoms with E-state index in [0.29, 0.717) is 12.1 Å². The Kier molecular flexibility index (Phi) is 2.61. The molecule has 6 heteroatoms. The lowest BCUT2D eigenvalue weighted by Gasteiger charge is -2.32. The summed E-state index contributed by atoms with van der Waals surface area (Å²) in [5, 5.41) is 11.7. The van der Waals surface area contributed by atoms with Crippen molar-refractivity contribution in [2.45, 2.75) is 37.8 Å². The van der Waals surface area contributed by atoms with Gasteiger partial charge in [0, 0.05) is 31.0 Å². The van der Waals surface area contributed by atoms with Crippen LogP contribution in [0.5, 0.6) is 0 Å². The van der Waals surface area contributed by atoms with Crippen LogP contribution in [0.25, 0.3) is 5.65 Å². The molecule has 0 radical (unpaired) electrons. The second-order valence-electron chi connectivity index (χ2n) is 5.48. The molecule has 0 bridgehead atoms. The van der Waals surface area contributed by atoms with Crippen LogP contribution in [0, 0.1) is 0 Å². The molecule has 0 amide bonds. The molecule has 0 spiro atoms. The van der Waals surface area contributed by atoms with Gasteiger partial charge in [-0.25, -0.2) is 4.98 Å². The molecule has 2 atom stereocenters. The number of hydrogen-bond donors (Lipinski definition) is 1. The summed E-state index contributed by atoms with van der Waals surface area (Å²) < 4.78 is 1.91. The Morgan fingerprint density at radius 1 is 1.21 bits per heavy atom. The van der Waals surface area contributed by atoms with E-state index in [1.54, 1.807) is 12.5 Å². The van der Waals surface area contributed by atoms with E-state index in [0.717, 1.165) is 11.5 Å². The van der Waals surface area contributed by atoms with Gasteiger partial charge in [-0.15, -0.1) is 10.2 Å². The minimum absolute atomic E-state index is 0.496. The number of hydrogen-bond acceptors (Lipinski definition) is 5. The van der Waals surface area contributed by atoms with Gasteiger partial charge in [0.1, 0.15) is 6.33 Å². The third kappa shape index (κ3) is 1.87. The van der Waals surface area contributed by atoms with E-state index in [1.165, 1.54) is 38.8 Å². The number of rotatable bonds is 2. The van der Waals surface area contributed by atoms with Crippen LogP contribution in [0.2, 0.25) is 0 Å². The van der Waals surface area contributed by atoms with Crippen molar-refractivity contribution in [2.24, 2.45) is 0 Å². The molecule has 2 aliphatic rings. The van der Waals surface area contributed by atoms with E-state index in [-0.39, 0.29) is 0 Å². The molecule has 2 aromatic heterocycles. The average molecular weight is 258 g/mol. The maximum absolute atomic E-state index is 4.43. The maximum atomic E-state index is 4.43. The van der Waals surface area contributed by atoms with E-state index < -0.39 is 0 Å². The van der Waals surface area contributed by atoms with E-state index in [9.17, 15) is 0 Å². The first-order valence-electron chi connectivity index (χ1n) is 7.07. The Morgan fingerprint density at radius 2 is 2.21 bits per heavy atom. The zero-order valence-corrected chi connectivity index (χ0v) is 10.9. The van der Waals surface area contributed by atoms with Crippen molar-refractivity contribution in [3.63, 3.8) is 0 Å². The fourth-order valence-corrected chi connectivity index (χ4v) is 3.45. The third-order valence-electron chi connectivity index (χ3n) is 4.39. The molecule has 4 rings (SSSR count). The molecule has 0 aromatic carbocycles. The molecular weight excluding hydrogens is 240 g/mol. The molecule has 4 heterocycles. The predicted molar refractivity (Wildman–Crippen MR) is 72.0 cm³/mol. The lowest BCUT2D eigenvalue weighted by Crippen LogP contribution is -2.41. The third-order valence-corrected chi connectivity index (χ3v) is 4.39. The zero-order valence-electron chi connectivity index (χ0n) is 10.9. The van der Waals surface area contributed by atoms with E-state index in [4.69, 9.17) is 0 Å². The normalized spacial score (nSPS) is 27.6. The van der Waals surface area contributed by atoms with Gasteiger partial charge in [-0.2, -0.15) is 0 Å². The van der Waals surface area contributed by atoms with Crippen LogP contribution in [0.4, 0.5) is 5.82 Å². The van der Waals surface area contributed by atoms with E-state index >= 15 is 0 Å². The van der Waals surface area contributed by atoms with Gasteiger partial charge in [0.05, 0.1) is 0 Å². The molecule has 2 saturated heterocycles. The quantitative estimate of drug-likeness (QED) is 0.876. The number of fused-ring (bicyclic) bond motifs is 2. The molecule has 1 N–H and O–H groups in total. The fraction of sp³-hybridized carbons (Fsp3) is 0.615. The molecule has 2 aliphatic heterocycles. The first-order valence-corrected chi connectivity index (χ1v) is 7.07. The predicted octanol–water partition coefficient (Wildman–Crippen LogP) is 1.16. The van der Waals surface area contributed by atoms with Gasteiger partial charge in [-0.1, -0.05) is 6.42 Å². The molecule has 2 fully saturated rings. The van der Waals surface area contributed by atoms with Gasteiger partial charge in [-0.3, -0.25) is 9.30 Å². The van der Waals surface area contributed by atoms with Crippen LogP contribution in [0.3, 0.4) is 0 Å². The van der Waals surface area contributed by atoms with E-state index in [1.807, 2.05) is 10.6 Å². The van der Waals surface area contributed by atoms with Crippen molar-refractivity contribution in [3.8, 4) is 0 Å². The Labute approximate surface area is 111 Å². The Bertz CT molecular complexity index is 579. The van der Waals surface area contributed by atoms with Crippen LogP contribution in [0.1, 0.15) is 25.7 Å². The Hall–Kier alpha value is -1.69. The molecule has 2 unspecified atom stereocenters. The lowest BCUT2D eigenvalue weighted by atomic mass is 9.99. The zero-order chi connectivity index (χ0) is 12.7. The summed E-state index contributed by atoms with van der Waals surface area (Å²) in [5.74, 6) is 0.859. The first-order chi connectivity index (χ1) is 9.42. The van der Waals surface area contributed by atoms with Gasteiger partial charge in [0.2, 0.25) is 5.65 Å². The maximum Gasteiger partial charge on any atom is 0.203 e. The van der Waals surface area contributed by atoms with Crippen molar-refractivity contribution >= 4 is 11.5 Å². The summed E-state index contributed by atoms with van der Waals surface area (Å²) in [7, 11) is 0. The van der Waals surface area contributed by atoms with Crippen molar-refractivity contribution in [1.82, 2.24) is 24.5 Å². The SMILES string of the molecule is c1cn2cnnc2c(NC2CCN3CCCCC23)n1. The Morgan fingerprint density at radius 3 is 3.21 bits per heavy atom. The summed E-state index contributed by atoms with van der Waals surface area (Å²) in [4.78, 5) is 7.04. The molecule has 19 heavy (non-hydrogen) atoms. The minimum atomic E-state index is 0.496. The smallest absolute Gasteiger partial charge is 0.203 e. The van der Waals surface area contributed by atoms with E-state index in [2.05, 4.69) is 25.4 Å². The van der Waals surface area contributed by atoms with Crippen LogP contribution < -0.4 is 5.32 Å². The first kappa shape index (κ1) is 11.2. The fourth-order valence-electron chi connectivity index (χ4n) is 3.45. The van der Waals surface area contributed by atoms with Crippen LogP contribution >= 0.6 is 0 Å². The minimum Gasteiger partial charge on any atom is -0.363 e. The van der Waals surface area contributed by atoms with Crippen molar-refractivity contribution in [2.75, 3.05) is 18.4 Å². The number of piperidine rings is 1. The van der Waals surface area contributed by atoms with Gasteiger partial charge in [0.25, 0.3) is 0 Å². The van der Waals surface area contributed by atoms with Crippen molar-refractivity contribution < 1.29 is 0 Å². The summed E-state index contributed by atoms with van der Waals surface area (Å²) in [6.45, 7) is 2.46. The van der Waals surface area contributed by atoms with Crippen LogP contribution in [-0.4, -0.2) is 49.7 Å². The molecule has 100 valence electrons. The summed E-state index contributed by atoms with van der Waals surface area (Å²) in [5.41, 5.74) is 0.816. The lowest BCUT2D eigenvalue weighted by molar-refractivity contribution is 0.192. The summed E-state index contributed by atoms with van der Waals surface area (Å²) in [6, 6.07) is 1.16. The van der Waals surface area contributed by atoms with Crippen LogP contribution in [0.15, 0.2) is 18.7 Å². The topological polar surface area (TPSA) is 58.4 Å². The highest BCUT2D eigenvalue weighted by Crippen LogP contribution is 2.29. The second-order valence-corrected chi connectivity index (χ2v) is 5.48.